The molecule has 0 aliphatic heterocycles. The van der Waals surface area contributed by atoms with Crippen LogP contribution in [0.3, 0.4) is 0 Å². The van der Waals surface area contributed by atoms with E-state index in [1.54, 1.807) is 12.3 Å². The highest BCUT2D eigenvalue weighted by Crippen LogP contribution is 2.27. The molecule has 0 radical (unpaired) electrons. The fourth-order valence-corrected chi connectivity index (χ4v) is 3.55. The Bertz CT molecular complexity index is 1160. The van der Waals surface area contributed by atoms with Gasteiger partial charge in [0.2, 0.25) is 0 Å². The van der Waals surface area contributed by atoms with Crippen LogP contribution in [0.1, 0.15) is 27.2 Å². The number of carbonyl (C=O) groups excluding carboxylic acids is 1. The molecule has 5 heteroatoms. The number of aromatic nitrogens is 2. The van der Waals surface area contributed by atoms with E-state index in [-0.39, 0.29) is 11.7 Å². The van der Waals surface area contributed by atoms with Crippen LogP contribution in [0.4, 0.5) is 4.39 Å². The molecule has 0 fully saturated rings. The number of hydrogen-bond donors (Lipinski definition) is 2. The summed E-state index contributed by atoms with van der Waals surface area (Å²) in [7, 11) is 0. The summed E-state index contributed by atoms with van der Waals surface area (Å²) in [6.07, 6.45) is 2.22. The van der Waals surface area contributed by atoms with Crippen LogP contribution < -0.4 is 5.32 Å². The molecule has 0 saturated heterocycles. The molecule has 4 rings (SSSR count). The second-order valence-electron chi connectivity index (χ2n) is 6.77. The molecular formula is C22H20FN3O. The van der Waals surface area contributed by atoms with Crippen LogP contribution in [-0.4, -0.2) is 22.4 Å². The average molecular weight is 361 g/mol. The number of nitrogens with one attached hydrogen (secondary N) is 2. The minimum Gasteiger partial charge on any atom is -0.356 e. The fraction of sp³-hybridized carbons (Fsp3) is 0.182. The number of aromatic amines is 1. The minimum absolute atomic E-state index is 0.159. The summed E-state index contributed by atoms with van der Waals surface area (Å²) in [4.78, 5) is 19.9. The smallest absolute Gasteiger partial charge is 0.252 e. The van der Waals surface area contributed by atoms with Crippen LogP contribution in [-0.2, 0) is 6.42 Å². The molecule has 2 aromatic carbocycles. The second kappa shape index (κ2) is 6.83. The summed E-state index contributed by atoms with van der Waals surface area (Å²) in [6.45, 7) is 4.37. The Hall–Kier alpha value is -3.21. The van der Waals surface area contributed by atoms with Crippen molar-refractivity contribution in [3.63, 3.8) is 0 Å². The highest BCUT2D eigenvalue weighted by Gasteiger charge is 2.14. The first kappa shape index (κ1) is 17.2. The van der Waals surface area contributed by atoms with E-state index >= 15 is 0 Å². The third-order valence-electron chi connectivity index (χ3n) is 4.94. The maximum absolute atomic E-state index is 14.1. The summed E-state index contributed by atoms with van der Waals surface area (Å²) in [6, 6.07) is 12.8. The monoisotopic (exact) mass is 361 g/mol. The van der Waals surface area contributed by atoms with Gasteiger partial charge in [0.15, 0.2) is 0 Å². The zero-order chi connectivity index (χ0) is 19.0. The lowest BCUT2D eigenvalue weighted by Gasteiger charge is -2.07. The third kappa shape index (κ3) is 3.16. The molecule has 136 valence electrons. The lowest BCUT2D eigenvalue weighted by atomic mass is 10.0. The first-order valence-electron chi connectivity index (χ1n) is 8.94. The Kier molecular flexibility index (Phi) is 4.36. The van der Waals surface area contributed by atoms with Gasteiger partial charge in [-0.25, -0.2) is 4.39 Å². The van der Waals surface area contributed by atoms with Gasteiger partial charge in [-0.3, -0.25) is 9.78 Å². The number of pyridine rings is 1. The lowest BCUT2D eigenvalue weighted by molar-refractivity contribution is 0.0954. The number of amides is 1. The highest BCUT2D eigenvalue weighted by molar-refractivity contribution is 5.97. The molecule has 2 aromatic heterocycles. The number of aryl methyl sites for hydroxylation is 2. The quantitative estimate of drug-likeness (QED) is 0.564. The van der Waals surface area contributed by atoms with Gasteiger partial charge in [-0.2, -0.15) is 0 Å². The number of halogens is 1. The van der Waals surface area contributed by atoms with E-state index in [1.807, 2.05) is 44.2 Å². The Morgan fingerprint density at radius 2 is 2.00 bits per heavy atom. The number of H-pyrrole nitrogens is 1. The molecule has 0 atom stereocenters. The number of rotatable bonds is 4. The van der Waals surface area contributed by atoms with Crippen LogP contribution in [0.5, 0.6) is 0 Å². The molecule has 2 heterocycles. The van der Waals surface area contributed by atoms with Crippen molar-refractivity contribution in [1.29, 1.82) is 0 Å². The van der Waals surface area contributed by atoms with Gasteiger partial charge in [0.1, 0.15) is 5.82 Å². The Morgan fingerprint density at radius 1 is 1.19 bits per heavy atom. The lowest BCUT2D eigenvalue weighted by Crippen LogP contribution is -2.25. The predicted molar refractivity (Wildman–Crippen MR) is 106 cm³/mol. The van der Waals surface area contributed by atoms with Crippen molar-refractivity contribution in [2.45, 2.75) is 20.3 Å². The average Bonchev–Trinajstić information content (AvgIpc) is 3.02. The number of nitrogens with zero attached hydrogens (tertiary/aromatic N) is 1. The van der Waals surface area contributed by atoms with Gasteiger partial charge < -0.3 is 10.3 Å². The second-order valence-corrected chi connectivity index (χ2v) is 6.77. The normalized spacial score (nSPS) is 11.2. The van der Waals surface area contributed by atoms with E-state index in [0.717, 1.165) is 33.1 Å². The van der Waals surface area contributed by atoms with E-state index in [2.05, 4.69) is 15.3 Å². The van der Waals surface area contributed by atoms with Gasteiger partial charge in [-0.05, 0) is 49.6 Å². The van der Waals surface area contributed by atoms with Gasteiger partial charge in [0.25, 0.3) is 5.91 Å². The zero-order valence-corrected chi connectivity index (χ0v) is 15.3. The molecule has 0 unspecified atom stereocenters. The Labute approximate surface area is 156 Å². The molecule has 27 heavy (non-hydrogen) atoms. The highest BCUT2D eigenvalue weighted by atomic mass is 19.1. The number of fused-ring (bicyclic) bond motifs is 2. The van der Waals surface area contributed by atoms with Gasteiger partial charge in [-0.15, -0.1) is 0 Å². The molecule has 0 bridgehead atoms. The van der Waals surface area contributed by atoms with Gasteiger partial charge >= 0.3 is 0 Å². The molecule has 0 aliphatic rings. The van der Waals surface area contributed by atoms with Crippen LogP contribution in [0.15, 0.2) is 48.7 Å². The van der Waals surface area contributed by atoms with Gasteiger partial charge in [0, 0.05) is 29.2 Å². The summed E-state index contributed by atoms with van der Waals surface area (Å²) in [5.74, 6) is -0.412. The number of benzene rings is 2. The van der Waals surface area contributed by atoms with Crippen LogP contribution in [0.2, 0.25) is 0 Å². The van der Waals surface area contributed by atoms with Crippen molar-refractivity contribution in [3.05, 3.63) is 76.9 Å². The van der Waals surface area contributed by atoms with Gasteiger partial charge in [-0.1, -0.05) is 24.3 Å². The van der Waals surface area contributed by atoms with Crippen LogP contribution >= 0.6 is 0 Å². The zero-order valence-electron chi connectivity index (χ0n) is 15.3. The summed E-state index contributed by atoms with van der Waals surface area (Å²) in [5, 5.41) is 4.79. The summed E-state index contributed by atoms with van der Waals surface area (Å²) < 4.78 is 14.1. The van der Waals surface area contributed by atoms with Crippen molar-refractivity contribution in [2.75, 3.05) is 6.54 Å². The first-order valence-corrected chi connectivity index (χ1v) is 8.94. The van der Waals surface area contributed by atoms with Crippen molar-refractivity contribution >= 4 is 27.7 Å². The van der Waals surface area contributed by atoms with E-state index < -0.39 is 0 Å². The van der Waals surface area contributed by atoms with E-state index in [0.29, 0.717) is 24.0 Å². The topological polar surface area (TPSA) is 57.8 Å². The van der Waals surface area contributed by atoms with E-state index in [1.165, 1.54) is 6.07 Å². The Morgan fingerprint density at radius 3 is 2.85 bits per heavy atom. The standard InChI is InChI=1S/C22H20FN3O/c1-13-7-8-18(23)21-20(13)17(14(2)26-21)9-10-24-22(27)16-11-15-5-3-4-6-19(15)25-12-16/h3-8,11-12,26H,9-10H2,1-2H3,(H,24,27). The van der Waals surface area contributed by atoms with E-state index in [4.69, 9.17) is 0 Å². The third-order valence-corrected chi connectivity index (χ3v) is 4.94. The van der Waals surface area contributed by atoms with Crippen LogP contribution in [0.25, 0.3) is 21.8 Å². The molecule has 0 saturated carbocycles. The first-order chi connectivity index (χ1) is 13.0. The largest absolute Gasteiger partial charge is 0.356 e. The van der Waals surface area contributed by atoms with Gasteiger partial charge in [0.05, 0.1) is 16.6 Å². The Balaban J connectivity index is 1.51. The maximum atomic E-state index is 14.1. The van der Waals surface area contributed by atoms with Crippen LogP contribution in [0, 0.1) is 19.7 Å². The SMILES string of the molecule is Cc1[nH]c2c(F)ccc(C)c2c1CCNC(=O)c1cnc2ccccc2c1. The molecule has 0 aliphatic carbocycles. The van der Waals surface area contributed by atoms with Crippen molar-refractivity contribution in [2.24, 2.45) is 0 Å². The minimum atomic E-state index is -0.253. The number of hydrogen-bond acceptors (Lipinski definition) is 2. The molecule has 1 amide bonds. The molecule has 4 nitrogen and oxygen atoms in total. The van der Waals surface area contributed by atoms with Crippen molar-refractivity contribution < 1.29 is 9.18 Å². The van der Waals surface area contributed by atoms with E-state index in [9.17, 15) is 9.18 Å². The number of carbonyl (C=O) groups is 1. The molecule has 4 aromatic rings. The molecule has 0 spiro atoms. The predicted octanol–water partition coefficient (Wildman–Crippen LogP) is 4.44. The molecule has 2 N–H and O–H groups in total. The molecular weight excluding hydrogens is 341 g/mol. The number of para-hydroxylation sites is 1. The summed E-state index contributed by atoms with van der Waals surface area (Å²) >= 11 is 0. The maximum Gasteiger partial charge on any atom is 0.252 e. The summed E-state index contributed by atoms with van der Waals surface area (Å²) in [5.41, 5.74) is 4.93. The fourth-order valence-electron chi connectivity index (χ4n) is 3.55. The van der Waals surface area contributed by atoms with Crippen molar-refractivity contribution in [3.8, 4) is 0 Å². The van der Waals surface area contributed by atoms with Crippen molar-refractivity contribution in [1.82, 2.24) is 15.3 Å².